The van der Waals surface area contributed by atoms with Crippen LogP contribution in [-0.4, -0.2) is 43.0 Å². The summed E-state index contributed by atoms with van der Waals surface area (Å²) in [5.41, 5.74) is 0. The van der Waals surface area contributed by atoms with Crippen molar-refractivity contribution in [1.29, 1.82) is 0 Å². The maximum atomic E-state index is 11.9. The van der Waals surface area contributed by atoms with Crippen molar-refractivity contribution in [2.45, 2.75) is 25.4 Å². The van der Waals surface area contributed by atoms with Gasteiger partial charge in [-0.1, -0.05) is 6.07 Å². The largest absolute Gasteiger partial charge is 0.350 e. The Labute approximate surface area is 118 Å². The number of hydrogen-bond donors (Lipinski definition) is 2. The van der Waals surface area contributed by atoms with E-state index in [2.05, 4.69) is 21.6 Å². The fraction of sp³-hybridized carbons (Fsp3) is 0.643. The number of piperidine rings is 1. The van der Waals surface area contributed by atoms with Crippen LogP contribution in [0.25, 0.3) is 0 Å². The highest BCUT2D eigenvalue weighted by Crippen LogP contribution is 2.24. The molecule has 0 aliphatic carbocycles. The van der Waals surface area contributed by atoms with Crippen LogP contribution in [0, 0.1) is 5.92 Å². The van der Waals surface area contributed by atoms with Crippen LogP contribution in [0.4, 0.5) is 0 Å². The number of nitrogens with one attached hydrogen (secondary N) is 2. The molecular formula is C14H21N3OS. The number of nitrogens with zero attached hydrogens (tertiary/aromatic N) is 1. The van der Waals surface area contributed by atoms with Gasteiger partial charge in [-0.05, 0) is 36.8 Å². The van der Waals surface area contributed by atoms with Gasteiger partial charge in [0.05, 0.1) is 13.1 Å². The maximum absolute atomic E-state index is 11.9. The number of rotatable bonds is 4. The Morgan fingerprint density at radius 2 is 2.47 bits per heavy atom. The van der Waals surface area contributed by atoms with E-state index in [1.165, 1.54) is 17.7 Å². The summed E-state index contributed by atoms with van der Waals surface area (Å²) in [6.07, 6.45) is 2.45. The van der Waals surface area contributed by atoms with E-state index < -0.39 is 0 Å². The number of amides is 1. The minimum absolute atomic E-state index is 0.151. The minimum atomic E-state index is 0.151. The van der Waals surface area contributed by atoms with Gasteiger partial charge in [-0.15, -0.1) is 11.3 Å². The lowest BCUT2D eigenvalue weighted by molar-refractivity contribution is -0.122. The van der Waals surface area contributed by atoms with Gasteiger partial charge in [-0.2, -0.15) is 0 Å². The number of hydrogen-bond acceptors (Lipinski definition) is 4. The van der Waals surface area contributed by atoms with Crippen LogP contribution < -0.4 is 10.6 Å². The molecule has 4 nitrogen and oxygen atoms in total. The highest BCUT2D eigenvalue weighted by atomic mass is 32.1. The zero-order valence-electron chi connectivity index (χ0n) is 11.1. The summed E-state index contributed by atoms with van der Waals surface area (Å²) in [4.78, 5) is 15.5. The average Bonchev–Trinajstić information content (AvgIpc) is 3.07. The van der Waals surface area contributed by atoms with Gasteiger partial charge in [-0.25, -0.2) is 0 Å². The van der Waals surface area contributed by atoms with E-state index in [4.69, 9.17) is 0 Å². The number of thiophene rings is 1. The molecule has 0 spiro atoms. The number of likely N-dealkylation sites (tertiary alicyclic amines) is 1. The molecule has 2 saturated heterocycles. The van der Waals surface area contributed by atoms with Crippen molar-refractivity contribution in [3.8, 4) is 0 Å². The van der Waals surface area contributed by atoms with Crippen molar-refractivity contribution in [2.24, 2.45) is 5.92 Å². The molecule has 2 unspecified atom stereocenters. The summed E-state index contributed by atoms with van der Waals surface area (Å²) in [7, 11) is 0. The summed E-state index contributed by atoms with van der Waals surface area (Å²) in [5, 5.41) is 8.60. The van der Waals surface area contributed by atoms with Gasteiger partial charge < -0.3 is 10.6 Å². The lowest BCUT2D eigenvalue weighted by Gasteiger charge is -2.34. The van der Waals surface area contributed by atoms with Crippen molar-refractivity contribution in [3.63, 3.8) is 0 Å². The Morgan fingerprint density at radius 3 is 3.32 bits per heavy atom. The lowest BCUT2D eigenvalue weighted by atomic mass is 9.93. The molecule has 104 valence electrons. The van der Waals surface area contributed by atoms with Crippen molar-refractivity contribution in [3.05, 3.63) is 22.4 Å². The summed E-state index contributed by atoms with van der Waals surface area (Å²) in [6.45, 7) is 4.48. The lowest BCUT2D eigenvalue weighted by Crippen LogP contribution is -2.47. The minimum Gasteiger partial charge on any atom is -0.350 e. The monoisotopic (exact) mass is 279 g/mol. The second kappa shape index (κ2) is 6.03. The SMILES string of the molecule is O=C(CN1CCC2NCCC2C1)NCc1cccs1. The zero-order chi connectivity index (χ0) is 13.1. The molecule has 2 aliphatic rings. The van der Waals surface area contributed by atoms with E-state index in [1.807, 2.05) is 11.4 Å². The first-order valence-corrected chi connectivity index (χ1v) is 7.94. The molecule has 1 aromatic heterocycles. The highest BCUT2D eigenvalue weighted by Gasteiger charge is 2.32. The first kappa shape index (κ1) is 13.1. The van der Waals surface area contributed by atoms with Gasteiger partial charge in [0.25, 0.3) is 0 Å². The van der Waals surface area contributed by atoms with Crippen LogP contribution in [0.2, 0.25) is 0 Å². The molecule has 2 atom stereocenters. The second-order valence-electron chi connectivity index (χ2n) is 5.49. The molecule has 1 aromatic rings. The summed E-state index contributed by atoms with van der Waals surface area (Å²) >= 11 is 1.69. The van der Waals surface area contributed by atoms with Crippen molar-refractivity contribution >= 4 is 17.2 Å². The molecule has 3 heterocycles. The third kappa shape index (κ3) is 3.35. The fourth-order valence-corrected chi connectivity index (χ4v) is 3.77. The Hall–Kier alpha value is -0.910. The summed E-state index contributed by atoms with van der Waals surface area (Å²) in [6, 6.07) is 4.77. The van der Waals surface area contributed by atoms with Gasteiger partial charge in [-0.3, -0.25) is 9.69 Å². The number of carbonyl (C=O) groups excluding carboxylic acids is 1. The van der Waals surface area contributed by atoms with E-state index in [1.54, 1.807) is 11.3 Å². The van der Waals surface area contributed by atoms with Crippen LogP contribution in [0.5, 0.6) is 0 Å². The van der Waals surface area contributed by atoms with Gasteiger partial charge in [0.2, 0.25) is 5.91 Å². The number of fused-ring (bicyclic) bond motifs is 1. The molecular weight excluding hydrogens is 258 g/mol. The van der Waals surface area contributed by atoms with Gasteiger partial charge >= 0.3 is 0 Å². The Bertz CT molecular complexity index is 420. The average molecular weight is 279 g/mol. The molecule has 5 heteroatoms. The van der Waals surface area contributed by atoms with Gasteiger partial charge in [0.1, 0.15) is 0 Å². The molecule has 2 fully saturated rings. The van der Waals surface area contributed by atoms with Gasteiger partial charge in [0.15, 0.2) is 0 Å². The molecule has 0 bridgehead atoms. The smallest absolute Gasteiger partial charge is 0.234 e. The Balaban J connectivity index is 1.42. The summed E-state index contributed by atoms with van der Waals surface area (Å²) in [5.74, 6) is 0.900. The first-order chi connectivity index (χ1) is 9.31. The normalized spacial score (nSPS) is 27.2. The van der Waals surface area contributed by atoms with Crippen molar-refractivity contribution in [1.82, 2.24) is 15.5 Å². The molecule has 2 N–H and O–H groups in total. The molecule has 0 saturated carbocycles. The van der Waals surface area contributed by atoms with E-state index in [0.717, 1.165) is 25.6 Å². The maximum Gasteiger partial charge on any atom is 0.234 e. The molecule has 0 radical (unpaired) electrons. The molecule has 2 aliphatic heterocycles. The van der Waals surface area contributed by atoms with Crippen LogP contribution in [0.3, 0.4) is 0 Å². The van der Waals surface area contributed by atoms with E-state index in [0.29, 0.717) is 19.1 Å². The van der Waals surface area contributed by atoms with E-state index >= 15 is 0 Å². The summed E-state index contributed by atoms with van der Waals surface area (Å²) < 4.78 is 0. The van der Waals surface area contributed by atoms with Crippen LogP contribution in [0.15, 0.2) is 17.5 Å². The van der Waals surface area contributed by atoms with Crippen molar-refractivity contribution < 1.29 is 4.79 Å². The molecule has 19 heavy (non-hydrogen) atoms. The third-order valence-electron chi connectivity index (χ3n) is 4.15. The predicted molar refractivity (Wildman–Crippen MR) is 77.1 cm³/mol. The topological polar surface area (TPSA) is 44.4 Å². The molecule has 3 rings (SSSR count). The third-order valence-corrected chi connectivity index (χ3v) is 5.02. The highest BCUT2D eigenvalue weighted by molar-refractivity contribution is 7.09. The molecule has 1 amide bonds. The Morgan fingerprint density at radius 1 is 1.53 bits per heavy atom. The zero-order valence-corrected chi connectivity index (χ0v) is 11.9. The van der Waals surface area contributed by atoms with Crippen molar-refractivity contribution in [2.75, 3.05) is 26.2 Å². The molecule has 0 aromatic carbocycles. The van der Waals surface area contributed by atoms with Crippen LogP contribution in [0.1, 0.15) is 17.7 Å². The standard InChI is InChI=1S/C14H21N3OS/c18-14(16-8-12-2-1-7-19-12)10-17-6-4-13-11(9-17)3-5-15-13/h1-2,7,11,13,15H,3-6,8-10H2,(H,16,18). The quantitative estimate of drug-likeness (QED) is 0.866. The van der Waals surface area contributed by atoms with Gasteiger partial charge in [0, 0.05) is 24.0 Å². The fourth-order valence-electron chi connectivity index (χ4n) is 3.12. The Kier molecular flexibility index (Phi) is 4.15. The first-order valence-electron chi connectivity index (χ1n) is 7.06. The number of carbonyl (C=O) groups is 1. The second-order valence-corrected chi connectivity index (χ2v) is 6.52. The van der Waals surface area contributed by atoms with E-state index in [9.17, 15) is 4.79 Å². The van der Waals surface area contributed by atoms with E-state index in [-0.39, 0.29) is 5.91 Å². The van der Waals surface area contributed by atoms with Crippen LogP contribution in [-0.2, 0) is 11.3 Å². The van der Waals surface area contributed by atoms with Crippen LogP contribution >= 0.6 is 11.3 Å². The predicted octanol–water partition coefficient (Wildman–Crippen LogP) is 1.05.